The summed E-state index contributed by atoms with van der Waals surface area (Å²) in [5.74, 6) is 1.02. The van der Waals surface area contributed by atoms with Crippen LogP contribution in [0, 0.1) is 20.8 Å². The normalized spacial score (nSPS) is 10.6. The van der Waals surface area contributed by atoms with E-state index in [1.807, 2.05) is 32.9 Å². The second-order valence-electron chi connectivity index (χ2n) is 7.86. The van der Waals surface area contributed by atoms with E-state index >= 15 is 0 Å². The van der Waals surface area contributed by atoms with Crippen LogP contribution in [-0.2, 0) is 22.6 Å². The molecule has 1 heterocycles. The molecule has 0 unspecified atom stereocenters. The van der Waals surface area contributed by atoms with Crippen molar-refractivity contribution in [1.29, 1.82) is 0 Å². The van der Waals surface area contributed by atoms with Crippen LogP contribution in [0.5, 0.6) is 5.75 Å². The van der Waals surface area contributed by atoms with Crippen LogP contribution in [0.25, 0.3) is 0 Å². The number of nitrogens with one attached hydrogen (secondary N) is 2. The number of hydrogen-bond donors (Lipinski definition) is 2. The van der Waals surface area contributed by atoms with Crippen molar-refractivity contribution in [2.75, 3.05) is 23.5 Å². The van der Waals surface area contributed by atoms with E-state index in [2.05, 4.69) is 27.4 Å². The molecule has 0 aliphatic carbocycles. The first kappa shape index (κ1) is 25.0. The number of ether oxygens (including phenoxy) is 1. The second kappa shape index (κ2) is 11.5. The molecule has 0 fully saturated rings. The van der Waals surface area contributed by atoms with Gasteiger partial charge in [-0.3, -0.25) is 9.59 Å². The number of hydrogen-bond acceptors (Lipinski definition) is 6. The van der Waals surface area contributed by atoms with Crippen LogP contribution in [0.15, 0.2) is 54.2 Å². The summed E-state index contributed by atoms with van der Waals surface area (Å²) in [6.07, 6.45) is 1.75. The molecule has 0 atom stereocenters. The molecule has 0 aliphatic rings. The van der Waals surface area contributed by atoms with Gasteiger partial charge in [0.15, 0.2) is 5.16 Å². The molecule has 0 saturated heterocycles. The molecule has 1 aromatic heterocycles. The number of benzene rings is 2. The number of thioether (sulfide) groups is 1. The monoisotopic (exact) mass is 479 g/mol. The highest BCUT2D eigenvalue weighted by atomic mass is 32.2. The van der Waals surface area contributed by atoms with Crippen molar-refractivity contribution in [1.82, 2.24) is 14.8 Å². The molecule has 0 spiro atoms. The van der Waals surface area contributed by atoms with Gasteiger partial charge in [-0.2, -0.15) is 0 Å². The Balaban J connectivity index is 1.63. The zero-order valence-electron chi connectivity index (χ0n) is 19.8. The van der Waals surface area contributed by atoms with Gasteiger partial charge in [0.25, 0.3) is 0 Å². The van der Waals surface area contributed by atoms with Gasteiger partial charge in [-0.15, -0.1) is 16.8 Å². The summed E-state index contributed by atoms with van der Waals surface area (Å²) in [6, 6.07) is 11.2. The Morgan fingerprint density at radius 2 is 1.74 bits per heavy atom. The highest BCUT2D eigenvalue weighted by molar-refractivity contribution is 7.99. The zero-order chi connectivity index (χ0) is 24.7. The van der Waals surface area contributed by atoms with Gasteiger partial charge in [0.2, 0.25) is 11.8 Å². The van der Waals surface area contributed by atoms with Crippen molar-refractivity contribution in [3.8, 4) is 5.75 Å². The standard InChI is InChI=1S/C25H29N5O3S/c1-6-11-30-21(14-22(31)26-19-7-9-20(33-5)10-8-19)28-29-25(30)34-15-23(32)27-24-17(3)12-16(2)13-18(24)4/h6-10,12-13H,1,11,14-15H2,2-5H3,(H,26,31)(H,27,32). The summed E-state index contributed by atoms with van der Waals surface area (Å²) in [4.78, 5) is 25.1. The Labute approximate surface area is 203 Å². The molecule has 2 amide bonds. The van der Waals surface area contributed by atoms with Gasteiger partial charge in [0.05, 0.1) is 19.3 Å². The number of amides is 2. The number of rotatable bonds is 10. The number of allylic oxidation sites excluding steroid dienone is 1. The van der Waals surface area contributed by atoms with Crippen molar-refractivity contribution in [2.24, 2.45) is 0 Å². The highest BCUT2D eigenvalue weighted by Gasteiger charge is 2.17. The van der Waals surface area contributed by atoms with Crippen LogP contribution >= 0.6 is 11.8 Å². The van der Waals surface area contributed by atoms with Gasteiger partial charge in [-0.1, -0.05) is 35.5 Å². The van der Waals surface area contributed by atoms with Crippen molar-refractivity contribution in [2.45, 2.75) is 38.9 Å². The molecule has 8 nitrogen and oxygen atoms in total. The summed E-state index contributed by atoms with van der Waals surface area (Å²) in [5, 5.41) is 14.8. The van der Waals surface area contributed by atoms with Gasteiger partial charge in [-0.05, 0) is 56.2 Å². The maximum atomic E-state index is 12.6. The Kier molecular flexibility index (Phi) is 8.48. The average molecular weight is 480 g/mol. The lowest BCUT2D eigenvalue weighted by Crippen LogP contribution is -2.18. The topological polar surface area (TPSA) is 98.1 Å². The third-order valence-electron chi connectivity index (χ3n) is 5.07. The number of nitrogens with zero attached hydrogens (tertiary/aromatic N) is 3. The van der Waals surface area contributed by atoms with Crippen LogP contribution in [0.2, 0.25) is 0 Å². The molecule has 0 aliphatic heterocycles. The number of carbonyl (C=O) groups excluding carboxylic acids is 2. The van der Waals surface area contributed by atoms with Crippen LogP contribution in [0.3, 0.4) is 0 Å². The Bertz CT molecular complexity index is 1160. The molecular formula is C25H29N5O3S. The summed E-state index contributed by atoms with van der Waals surface area (Å²) in [7, 11) is 1.59. The Morgan fingerprint density at radius 1 is 1.06 bits per heavy atom. The van der Waals surface area contributed by atoms with Gasteiger partial charge < -0.3 is 19.9 Å². The fourth-order valence-electron chi connectivity index (χ4n) is 3.57. The van der Waals surface area contributed by atoms with E-state index in [-0.39, 0.29) is 24.0 Å². The molecule has 2 N–H and O–H groups in total. The number of methoxy groups -OCH3 is 1. The van der Waals surface area contributed by atoms with Crippen molar-refractivity contribution < 1.29 is 14.3 Å². The number of anilines is 2. The van der Waals surface area contributed by atoms with E-state index in [0.717, 1.165) is 22.4 Å². The van der Waals surface area contributed by atoms with E-state index in [1.165, 1.54) is 11.8 Å². The second-order valence-corrected chi connectivity index (χ2v) is 8.80. The average Bonchev–Trinajstić information content (AvgIpc) is 3.16. The predicted octanol–water partition coefficient (Wildman–Crippen LogP) is 4.31. The van der Waals surface area contributed by atoms with Crippen molar-refractivity contribution in [3.05, 3.63) is 71.6 Å². The van der Waals surface area contributed by atoms with E-state index in [1.54, 1.807) is 42.0 Å². The van der Waals surface area contributed by atoms with Gasteiger partial charge >= 0.3 is 0 Å². The maximum Gasteiger partial charge on any atom is 0.234 e. The Hall–Kier alpha value is -3.59. The molecule has 0 bridgehead atoms. The summed E-state index contributed by atoms with van der Waals surface area (Å²) < 4.78 is 6.92. The number of carbonyl (C=O) groups is 2. The molecular weight excluding hydrogens is 450 g/mol. The SMILES string of the molecule is C=CCn1c(CC(=O)Nc2ccc(OC)cc2)nnc1SCC(=O)Nc1c(C)cc(C)cc1C. The zero-order valence-corrected chi connectivity index (χ0v) is 20.7. The van der Waals surface area contributed by atoms with Crippen LogP contribution in [-0.4, -0.2) is 39.4 Å². The van der Waals surface area contributed by atoms with E-state index in [9.17, 15) is 9.59 Å². The van der Waals surface area contributed by atoms with Gasteiger partial charge in [0, 0.05) is 17.9 Å². The first-order chi connectivity index (χ1) is 16.3. The number of aryl methyl sites for hydroxylation is 3. The molecule has 3 aromatic rings. The third kappa shape index (κ3) is 6.48. The fourth-order valence-corrected chi connectivity index (χ4v) is 4.34. The van der Waals surface area contributed by atoms with Crippen LogP contribution in [0.4, 0.5) is 11.4 Å². The smallest absolute Gasteiger partial charge is 0.234 e. The van der Waals surface area contributed by atoms with Crippen LogP contribution in [0.1, 0.15) is 22.5 Å². The minimum Gasteiger partial charge on any atom is -0.497 e. The van der Waals surface area contributed by atoms with E-state index in [4.69, 9.17) is 4.74 Å². The van der Waals surface area contributed by atoms with Crippen LogP contribution < -0.4 is 15.4 Å². The predicted molar refractivity (Wildman–Crippen MR) is 136 cm³/mol. The molecule has 34 heavy (non-hydrogen) atoms. The van der Waals surface area contributed by atoms with E-state index < -0.39 is 0 Å². The van der Waals surface area contributed by atoms with E-state index in [0.29, 0.717) is 29.0 Å². The largest absolute Gasteiger partial charge is 0.497 e. The lowest BCUT2D eigenvalue weighted by Gasteiger charge is -2.13. The molecule has 9 heteroatoms. The first-order valence-corrected chi connectivity index (χ1v) is 11.8. The molecule has 3 rings (SSSR count). The number of aromatic nitrogens is 3. The molecule has 0 radical (unpaired) electrons. The Morgan fingerprint density at radius 3 is 2.35 bits per heavy atom. The van der Waals surface area contributed by atoms with Gasteiger partial charge in [0.1, 0.15) is 11.6 Å². The lowest BCUT2D eigenvalue weighted by molar-refractivity contribution is -0.116. The minimum atomic E-state index is -0.220. The molecule has 0 saturated carbocycles. The lowest BCUT2D eigenvalue weighted by atomic mass is 10.1. The third-order valence-corrected chi connectivity index (χ3v) is 6.04. The van der Waals surface area contributed by atoms with Gasteiger partial charge in [-0.25, -0.2) is 0 Å². The van der Waals surface area contributed by atoms with Crippen molar-refractivity contribution >= 4 is 35.0 Å². The summed E-state index contributed by atoms with van der Waals surface area (Å²) >= 11 is 1.27. The van der Waals surface area contributed by atoms with Crippen molar-refractivity contribution in [3.63, 3.8) is 0 Å². The fraction of sp³-hybridized carbons (Fsp3) is 0.280. The quantitative estimate of drug-likeness (QED) is 0.332. The molecule has 178 valence electrons. The summed E-state index contributed by atoms with van der Waals surface area (Å²) in [5.41, 5.74) is 4.70. The minimum absolute atomic E-state index is 0.0430. The molecule has 2 aromatic carbocycles. The first-order valence-electron chi connectivity index (χ1n) is 10.8. The summed E-state index contributed by atoms with van der Waals surface area (Å²) in [6.45, 7) is 10.2. The highest BCUT2D eigenvalue weighted by Crippen LogP contribution is 2.23. The maximum absolute atomic E-state index is 12.6.